The third-order valence-electron chi connectivity index (χ3n) is 4.15. The highest BCUT2D eigenvalue weighted by molar-refractivity contribution is 5.54. The van der Waals surface area contributed by atoms with E-state index in [2.05, 4.69) is 36.1 Å². The fourth-order valence-corrected chi connectivity index (χ4v) is 2.75. The van der Waals surface area contributed by atoms with Crippen LogP contribution in [0.15, 0.2) is 30.5 Å². The van der Waals surface area contributed by atoms with E-state index >= 15 is 0 Å². The lowest BCUT2D eigenvalue weighted by molar-refractivity contribution is -0.139. The van der Waals surface area contributed by atoms with Crippen LogP contribution in [0.4, 0.5) is 24.8 Å². The van der Waals surface area contributed by atoms with Gasteiger partial charge in [-0.15, -0.1) is 0 Å². The molecule has 0 radical (unpaired) electrons. The van der Waals surface area contributed by atoms with Gasteiger partial charge in [0.1, 0.15) is 5.56 Å². The molecular formula is C21H28F3N3O. The Morgan fingerprint density at radius 3 is 2.39 bits per heavy atom. The Morgan fingerprint density at radius 2 is 1.79 bits per heavy atom. The van der Waals surface area contributed by atoms with Crippen LogP contribution in [0.2, 0.25) is 0 Å². The molecule has 0 aliphatic heterocycles. The Morgan fingerprint density at radius 1 is 1.07 bits per heavy atom. The molecule has 0 spiro atoms. The molecule has 7 heteroatoms. The number of alkyl halides is 3. The van der Waals surface area contributed by atoms with Crippen molar-refractivity contribution in [3.63, 3.8) is 0 Å². The minimum atomic E-state index is -4.56. The number of nitrogens with zero attached hydrogens (tertiary/aromatic N) is 2. The van der Waals surface area contributed by atoms with Crippen LogP contribution in [0.3, 0.4) is 0 Å². The molecule has 1 aromatic carbocycles. The number of anilines is 2. The van der Waals surface area contributed by atoms with Crippen molar-refractivity contribution < 1.29 is 17.9 Å². The molecule has 0 fully saturated rings. The predicted molar refractivity (Wildman–Crippen MR) is 105 cm³/mol. The van der Waals surface area contributed by atoms with Gasteiger partial charge in [0.05, 0.1) is 6.61 Å². The quantitative estimate of drug-likeness (QED) is 0.473. The van der Waals surface area contributed by atoms with Crippen molar-refractivity contribution in [1.29, 1.82) is 0 Å². The van der Waals surface area contributed by atoms with Crippen LogP contribution in [0.25, 0.3) is 0 Å². The van der Waals surface area contributed by atoms with Crippen LogP contribution in [0, 0.1) is 5.92 Å². The van der Waals surface area contributed by atoms with Crippen molar-refractivity contribution in [3.8, 4) is 5.88 Å². The van der Waals surface area contributed by atoms with E-state index in [1.54, 1.807) is 0 Å². The Bertz CT molecular complexity index is 731. The first-order chi connectivity index (χ1) is 13.3. The number of aromatic nitrogens is 2. The molecule has 0 amide bonds. The van der Waals surface area contributed by atoms with E-state index in [0.717, 1.165) is 31.9 Å². The number of halogens is 3. The molecule has 154 valence electrons. The number of ether oxygens (including phenoxy) is 1. The van der Waals surface area contributed by atoms with Crippen LogP contribution >= 0.6 is 0 Å². The van der Waals surface area contributed by atoms with E-state index in [-0.39, 0.29) is 12.6 Å². The van der Waals surface area contributed by atoms with Gasteiger partial charge in [-0.3, -0.25) is 0 Å². The van der Waals surface area contributed by atoms with Gasteiger partial charge in [0.15, 0.2) is 0 Å². The van der Waals surface area contributed by atoms with Gasteiger partial charge in [0.25, 0.3) is 0 Å². The van der Waals surface area contributed by atoms with E-state index in [9.17, 15) is 13.2 Å². The van der Waals surface area contributed by atoms with Crippen molar-refractivity contribution >= 4 is 11.6 Å². The monoisotopic (exact) mass is 395 g/mol. The molecular weight excluding hydrogens is 367 g/mol. The van der Waals surface area contributed by atoms with Crippen LogP contribution in [-0.2, 0) is 12.6 Å². The highest BCUT2D eigenvalue weighted by Gasteiger charge is 2.36. The largest absolute Gasteiger partial charge is 0.477 e. The van der Waals surface area contributed by atoms with Gasteiger partial charge in [0.2, 0.25) is 11.8 Å². The van der Waals surface area contributed by atoms with E-state index in [1.807, 2.05) is 24.3 Å². The normalized spacial score (nSPS) is 11.7. The van der Waals surface area contributed by atoms with Gasteiger partial charge in [-0.1, -0.05) is 52.2 Å². The van der Waals surface area contributed by atoms with E-state index < -0.39 is 17.6 Å². The highest BCUT2D eigenvalue weighted by Crippen LogP contribution is 2.35. The first-order valence-corrected chi connectivity index (χ1v) is 9.72. The molecule has 2 aromatic rings. The lowest BCUT2D eigenvalue weighted by atomic mass is 10.0. The highest BCUT2D eigenvalue weighted by atomic mass is 19.4. The first-order valence-electron chi connectivity index (χ1n) is 9.72. The average Bonchev–Trinajstić information content (AvgIpc) is 2.62. The SMILES string of the molecule is CCCCCCOc1nc(Nc2ccc(CC(C)C)cc2)ncc1C(F)(F)F. The molecule has 0 unspecified atom stereocenters. The molecule has 0 saturated heterocycles. The van der Waals surface area contributed by atoms with E-state index in [1.165, 1.54) is 5.56 Å². The molecule has 0 bridgehead atoms. The Kier molecular flexibility index (Phi) is 8.08. The lowest BCUT2D eigenvalue weighted by Crippen LogP contribution is -2.13. The third kappa shape index (κ3) is 7.02. The van der Waals surface area contributed by atoms with Gasteiger partial charge in [-0.05, 0) is 36.5 Å². The smallest absolute Gasteiger partial charge is 0.423 e. The van der Waals surface area contributed by atoms with Gasteiger partial charge in [-0.25, -0.2) is 4.98 Å². The molecule has 1 heterocycles. The molecule has 0 aliphatic carbocycles. The van der Waals surface area contributed by atoms with Gasteiger partial charge in [-0.2, -0.15) is 18.2 Å². The molecule has 4 nitrogen and oxygen atoms in total. The fraction of sp³-hybridized carbons (Fsp3) is 0.524. The van der Waals surface area contributed by atoms with Crippen molar-refractivity contribution in [2.45, 2.75) is 59.1 Å². The van der Waals surface area contributed by atoms with Crippen molar-refractivity contribution in [2.24, 2.45) is 5.92 Å². The number of benzene rings is 1. The van der Waals surface area contributed by atoms with Crippen LogP contribution < -0.4 is 10.1 Å². The minimum Gasteiger partial charge on any atom is -0.477 e. The van der Waals surface area contributed by atoms with Crippen molar-refractivity contribution in [2.75, 3.05) is 11.9 Å². The zero-order valence-corrected chi connectivity index (χ0v) is 16.6. The number of unbranched alkanes of at least 4 members (excludes halogenated alkanes) is 3. The summed E-state index contributed by atoms with van der Waals surface area (Å²) in [4.78, 5) is 7.77. The van der Waals surface area contributed by atoms with Crippen LogP contribution in [-0.4, -0.2) is 16.6 Å². The van der Waals surface area contributed by atoms with E-state index in [0.29, 0.717) is 18.0 Å². The summed E-state index contributed by atoms with van der Waals surface area (Å²) in [5.41, 5.74) is 0.951. The lowest BCUT2D eigenvalue weighted by Gasteiger charge is -2.14. The second-order valence-electron chi connectivity index (χ2n) is 7.24. The molecule has 0 saturated carbocycles. The minimum absolute atomic E-state index is 0.0770. The summed E-state index contributed by atoms with van der Waals surface area (Å²) >= 11 is 0. The molecule has 2 rings (SSSR count). The van der Waals surface area contributed by atoms with Gasteiger partial charge in [0, 0.05) is 11.9 Å². The topological polar surface area (TPSA) is 47.0 Å². The maximum Gasteiger partial charge on any atom is 0.423 e. The maximum atomic E-state index is 13.2. The zero-order chi connectivity index (χ0) is 20.6. The third-order valence-corrected chi connectivity index (χ3v) is 4.15. The fourth-order valence-electron chi connectivity index (χ4n) is 2.75. The molecule has 28 heavy (non-hydrogen) atoms. The summed E-state index contributed by atoms with van der Waals surface area (Å²) < 4.78 is 45.0. The standard InChI is InChI=1S/C21H28F3N3O/c1-4-5-6-7-12-28-19-18(21(22,23)24)14-25-20(27-19)26-17-10-8-16(9-11-17)13-15(2)3/h8-11,14-15H,4-7,12-13H2,1-3H3,(H,25,26,27). The summed E-state index contributed by atoms with van der Waals surface area (Å²) in [6, 6.07) is 7.70. The average molecular weight is 395 g/mol. The summed E-state index contributed by atoms with van der Waals surface area (Å²) in [5.74, 6) is 0.195. The van der Waals surface area contributed by atoms with Crippen LogP contribution in [0.1, 0.15) is 57.6 Å². The Labute approximate surface area is 164 Å². The zero-order valence-electron chi connectivity index (χ0n) is 16.6. The summed E-state index contributed by atoms with van der Waals surface area (Å²) in [6.07, 6.45) is 0.850. The Hall–Kier alpha value is -2.31. The number of rotatable bonds is 10. The number of hydrogen-bond acceptors (Lipinski definition) is 4. The molecule has 0 atom stereocenters. The summed E-state index contributed by atoms with van der Waals surface area (Å²) in [7, 11) is 0. The summed E-state index contributed by atoms with van der Waals surface area (Å²) in [5, 5.41) is 2.94. The second kappa shape index (κ2) is 10.3. The molecule has 1 N–H and O–H groups in total. The predicted octanol–water partition coefficient (Wildman–Crippen LogP) is 6.40. The van der Waals surface area contributed by atoms with Gasteiger partial charge >= 0.3 is 6.18 Å². The van der Waals surface area contributed by atoms with Crippen molar-refractivity contribution in [3.05, 3.63) is 41.6 Å². The number of nitrogens with one attached hydrogen (secondary N) is 1. The second-order valence-corrected chi connectivity index (χ2v) is 7.24. The Balaban J connectivity index is 2.10. The van der Waals surface area contributed by atoms with Gasteiger partial charge < -0.3 is 10.1 Å². The number of hydrogen-bond donors (Lipinski definition) is 1. The maximum absolute atomic E-state index is 13.2. The first kappa shape index (κ1) is 22.0. The summed E-state index contributed by atoms with van der Waals surface area (Å²) in [6.45, 7) is 6.56. The molecule has 0 aliphatic rings. The van der Waals surface area contributed by atoms with Crippen LogP contribution in [0.5, 0.6) is 5.88 Å². The van der Waals surface area contributed by atoms with E-state index in [4.69, 9.17) is 4.74 Å². The van der Waals surface area contributed by atoms with Crippen molar-refractivity contribution in [1.82, 2.24) is 9.97 Å². The molecule has 1 aromatic heterocycles.